The predicted molar refractivity (Wildman–Crippen MR) is 77.9 cm³/mol. The summed E-state index contributed by atoms with van der Waals surface area (Å²) in [5.41, 5.74) is 0. The highest BCUT2D eigenvalue weighted by Crippen LogP contribution is 2.31. The molecule has 0 radical (unpaired) electrons. The summed E-state index contributed by atoms with van der Waals surface area (Å²) in [6.45, 7) is 0. The van der Waals surface area contributed by atoms with Crippen molar-refractivity contribution in [3.63, 3.8) is 0 Å². The minimum atomic E-state index is -0.111. The Hall–Kier alpha value is -1.90. The fourth-order valence-electron chi connectivity index (χ4n) is 2.45. The first kappa shape index (κ1) is 14.1. The predicted octanol–water partition coefficient (Wildman–Crippen LogP) is 1.25. The average molecular weight is 307 g/mol. The number of aromatic nitrogens is 6. The van der Waals surface area contributed by atoms with Gasteiger partial charge in [-0.05, 0) is 23.3 Å². The van der Waals surface area contributed by atoms with E-state index in [9.17, 15) is 4.79 Å². The topological polar surface area (TPSA) is 90.5 Å². The first-order chi connectivity index (χ1) is 10.2. The minimum Gasteiger partial charge on any atom is -0.308 e. The molecule has 0 saturated heterocycles. The van der Waals surface area contributed by atoms with Crippen LogP contribution in [-0.2, 0) is 11.8 Å². The number of carbonyl (C=O) groups excluding carboxylic acids is 1. The maximum atomic E-state index is 11.9. The van der Waals surface area contributed by atoms with Gasteiger partial charge in [0.2, 0.25) is 11.1 Å². The van der Waals surface area contributed by atoms with Crippen LogP contribution in [0.15, 0.2) is 17.4 Å². The number of rotatable bonds is 5. The molecule has 0 atom stereocenters. The summed E-state index contributed by atoms with van der Waals surface area (Å²) in [5.74, 6) is 0.710. The molecule has 2 heterocycles. The van der Waals surface area contributed by atoms with Gasteiger partial charge < -0.3 is 5.32 Å². The molecule has 8 nitrogen and oxygen atoms in total. The maximum Gasteiger partial charge on any atom is 0.236 e. The second-order valence-electron chi connectivity index (χ2n) is 5.06. The number of hydrogen-bond donors (Lipinski definition) is 1. The molecule has 9 heteroatoms. The van der Waals surface area contributed by atoms with Crippen molar-refractivity contribution in [2.24, 2.45) is 7.05 Å². The van der Waals surface area contributed by atoms with E-state index < -0.39 is 0 Å². The fraction of sp³-hybridized carbons (Fsp3) is 0.583. The van der Waals surface area contributed by atoms with Gasteiger partial charge in [-0.1, -0.05) is 24.6 Å². The molecule has 0 bridgehead atoms. The molecule has 2 aromatic rings. The maximum absolute atomic E-state index is 11.9. The van der Waals surface area contributed by atoms with Crippen LogP contribution in [0.4, 0.5) is 5.82 Å². The highest BCUT2D eigenvalue weighted by atomic mass is 32.2. The monoisotopic (exact) mass is 307 g/mol. The van der Waals surface area contributed by atoms with Gasteiger partial charge in [0.25, 0.3) is 0 Å². The number of nitrogens with one attached hydrogen (secondary N) is 1. The zero-order chi connectivity index (χ0) is 14.7. The van der Waals surface area contributed by atoms with E-state index >= 15 is 0 Å². The van der Waals surface area contributed by atoms with E-state index in [4.69, 9.17) is 0 Å². The highest BCUT2D eigenvalue weighted by Gasteiger charge is 2.22. The second-order valence-corrected chi connectivity index (χ2v) is 6.00. The molecule has 0 unspecified atom stereocenters. The van der Waals surface area contributed by atoms with E-state index in [-0.39, 0.29) is 11.7 Å². The molecule has 0 aliphatic heterocycles. The molecule has 112 valence electrons. The van der Waals surface area contributed by atoms with Crippen molar-refractivity contribution < 1.29 is 4.79 Å². The number of hydrogen-bond acceptors (Lipinski definition) is 6. The Labute approximate surface area is 126 Å². The summed E-state index contributed by atoms with van der Waals surface area (Å²) in [7, 11) is 1.81. The molecular formula is C12H17N7OS. The van der Waals surface area contributed by atoms with Crippen LogP contribution in [0.25, 0.3) is 0 Å². The van der Waals surface area contributed by atoms with Gasteiger partial charge >= 0.3 is 0 Å². The van der Waals surface area contributed by atoms with Crippen LogP contribution >= 0.6 is 11.8 Å². The molecule has 1 amide bonds. The van der Waals surface area contributed by atoms with Crippen LogP contribution in [0.1, 0.15) is 31.7 Å². The summed E-state index contributed by atoms with van der Waals surface area (Å²) in [6.07, 6.45) is 6.43. The Morgan fingerprint density at radius 3 is 3.00 bits per heavy atom. The van der Waals surface area contributed by atoms with Crippen molar-refractivity contribution in [1.82, 2.24) is 30.0 Å². The third kappa shape index (κ3) is 3.41. The molecule has 1 fully saturated rings. The van der Waals surface area contributed by atoms with Crippen LogP contribution in [0.5, 0.6) is 0 Å². The van der Waals surface area contributed by atoms with Crippen molar-refractivity contribution >= 4 is 23.5 Å². The smallest absolute Gasteiger partial charge is 0.236 e. The number of thioether (sulfide) groups is 1. The van der Waals surface area contributed by atoms with E-state index in [0.717, 1.165) is 12.8 Å². The molecular weight excluding hydrogens is 290 g/mol. The Balaban J connectivity index is 1.55. The van der Waals surface area contributed by atoms with Crippen LogP contribution in [0.3, 0.4) is 0 Å². The summed E-state index contributed by atoms with van der Waals surface area (Å²) >= 11 is 1.35. The number of carbonyl (C=O) groups is 1. The van der Waals surface area contributed by atoms with E-state index in [1.54, 1.807) is 24.0 Å². The Bertz CT molecular complexity index is 617. The Morgan fingerprint density at radius 2 is 2.29 bits per heavy atom. The van der Waals surface area contributed by atoms with E-state index in [1.165, 1.54) is 24.6 Å². The van der Waals surface area contributed by atoms with Crippen molar-refractivity contribution in [2.75, 3.05) is 11.1 Å². The van der Waals surface area contributed by atoms with Gasteiger partial charge in [0, 0.05) is 19.3 Å². The van der Waals surface area contributed by atoms with E-state index in [1.807, 2.05) is 4.68 Å². The summed E-state index contributed by atoms with van der Waals surface area (Å²) in [5, 5.41) is 19.3. The molecule has 1 saturated carbocycles. The molecule has 0 spiro atoms. The molecule has 1 N–H and O–H groups in total. The van der Waals surface area contributed by atoms with Gasteiger partial charge in [0.15, 0.2) is 5.82 Å². The number of nitrogens with zero attached hydrogens (tertiary/aromatic N) is 6. The summed E-state index contributed by atoms with van der Waals surface area (Å²) in [6, 6.07) is 2.13. The summed E-state index contributed by atoms with van der Waals surface area (Å²) < 4.78 is 3.50. The largest absolute Gasteiger partial charge is 0.308 e. The lowest BCUT2D eigenvalue weighted by atomic mass is 10.3. The summed E-state index contributed by atoms with van der Waals surface area (Å²) in [4.78, 5) is 11.9. The van der Waals surface area contributed by atoms with Gasteiger partial charge in [0.05, 0.1) is 11.8 Å². The van der Waals surface area contributed by atoms with Crippen molar-refractivity contribution in [3.8, 4) is 0 Å². The van der Waals surface area contributed by atoms with Crippen LogP contribution in [0.2, 0.25) is 0 Å². The lowest BCUT2D eigenvalue weighted by Gasteiger charge is -2.10. The fourth-order valence-corrected chi connectivity index (χ4v) is 3.19. The SMILES string of the molecule is Cn1ccc(NC(=O)CSc2nnnn2C2CCCC2)n1. The van der Waals surface area contributed by atoms with Crippen molar-refractivity contribution in [1.29, 1.82) is 0 Å². The van der Waals surface area contributed by atoms with Crippen LogP contribution in [0, 0.1) is 0 Å². The molecule has 1 aliphatic carbocycles. The second kappa shape index (κ2) is 6.25. The average Bonchev–Trinajstić information content (AvgIpc) is 3.16. The van der Waals surface area contributed by atoms with E-state index in [0.29, 0.717) is 17.0 Å². The number of amides is 1. The Morgan fingerprint density at radius 1 is 1.48 bits per heavy atom. The standard InChI is InChI=1S/C12H17N7OS/c1-18-7-6-10(15-18)13-11(20)8-21-12-14-16-17-19(12)9-4-2-3-5-9/h6-7,9H,2-5,8H2,1H3,(H,13,15,20). The van der Waals surface area contributed by atoms with Gasteiger partial charge in [-0.15, -0.1) is 5.10 Å². The first-order valence-corrected chi connectivity index (χ1v) is 7.91. The zero-order valence-corrected chi connectivity index (χ0v) is 12.6. The third-order valence-corrected chi connectivity index (χ3v) is 4.38. The van der Waals surface area contributed by atoms with Crippen molar-refractivity contribution in [2.45, 2.75) is 36.9 Å². The van der Waals surface area contributed by atoms with Gasteiger partial charge in [0.1, 0.15) is 0 Å². The molecule has 0 aromatic carbocycles. The molecule has 3 rings (SSSR count). The molecule has 21 heavy (non-hydrogen) atoms. The quantitative estimate of drug-likeness (QED) is 0.836. The number of aryl methyl sites for hydroxylation is 1. The normalized spacial score (nSPS) is 15.5. The van der Waals surface area contributed by atoms with Crippen LogP contribution < -0.4 is 5.32 Å². The Kier molecular flexibility index (Phi) is 4.18. The zero-order valence-electron chi connectivity index (χ0n) is 11.8. The highest BCUT2D eigenvalue weighted by molar-refractivity contribution is 7.99. The van der Waals surface area contributed by atoms with Gasteiger partial charge in [-0.3, -0.25) is 9.48 Å². The van der Waals surface area contributed by atoms with Gasteiger partial charge in [-0.25, -0.2) is 4.68 Å². The lowest BCUT2D eigenvalue weighted by Crippen LogP contribution is -2.16. The minimum absolute atomic E-state index is 0.111. The third-order valence-electron chi connectivity index (χ3n) is 3.45. The molecule has 1 aliphatic rings. The van der Waals surface area contributed by atoms with E-state index in [2.05, 4.69) is 25.9 Å². The van der Waals surface area contributed by atoms with Gasteiger partial charge in [-0.2, -0.15) is 5.10 Å². The first-order valence-electron chi connectivity index (χ1n) is 6.92. The molecule has 2 aromatic heterocycles. The van der Waals surface area contributed by atoms with Crippen LogP contribution in [-0.4, -0.2) is 41.6 Å². The lowest BCUT2D eigenvalue weighted by molar-refractivity contribution is -0.113. The number of tetrazole rings is 1. The number of anilines is 1. The van der Waals surface area contributed by atoms with Crippen molar-refractivity contribution in [3.05, 3.63) is 12.3 Å².